The van der Waals surface area contributed by atoms with Gasteiger partial charge in [-0.1, -0.05) is 30.3 Å². The van der Waals surface area contributed by atoms with Gasteiger partial charge in [0.05, 0.1) is 6.07 Å². The number of carbonyl (C=O) groups is 1. The summed E-state index contributed by atoms with van der Waals surface area (Å²) in [6.07, 6.45) is -2.92. The lowest BCUT2D eigenvalue weighted by Crippen LogP contribution is -2.44. The second-order valence-electron chi connectivity index (χ2n) is 3.86. The summed E-state index contributed by atoms with van der Waals surface area (Å²) < 4.78 is 26.1. The smallest absolute Gasteiger partial charge is 0.337 e. The summed E-state index contributed by atoms with van der Waals surface area (Å²) in [4.78, 5) is 14.6. The summed E-state index contributed by atoms with van der Waals surface area (Å²) >= 11 is 0. The fourth-order valence-corrected chi connectivity index (χ4v) is 1.46. The monoisotopic (exact) mass is 266 g/mol. The molecule has 0 radical (unpaired) electrons. The highest BCUT2D eigenvalue weighted by Crippen LogP contribution is 2.27. The Labute approximate surface area is 109 Å². The number of rotatable bonds is 6. The van der Waals surface area contributed by atoms with E-state index >= 15 is 0 Å². The summed E-state index contributed by atoms with van der Waals surface area (Å²) in [6, 6.07) is 10.00. The van der Waals surface area contributed by atoms with Gasteiger partial charge in [0, 0.05) is 19.1 Å². The van der Waals surface area contributed by atoms with Gasteiger partial charge in [-0.25, -0.2) is 13.6 Å². The van der Waals surface area contributed by atoms with Crippen LogP contribution in [0.15, 0.2) is 35.3 Å². The minimum atomic E-state index is -3.18. The molecule has 0 aliphatic carbocycles. The van der Waals surface area contributed by atoms with E-state index in [-0.39, 0.29) is 6.42 Å². The number of carboxylic acid groups (broad SMARTS) is 1. The standard InChI is InChI=1S/C13H12F2N2O2/c14-11(15)13(12(18)19,7-4-8-16)17-9-10-5-2-1-3-6-10/h1-3,5-6,9,11H,4,7H2,(H,18,19)/b17-9+. The van der Waals surface area contributed by atoms with Gasteiger partial charge >= 0.3 is 5.97 Å². The van der Waals surface area contributed by atoms with E-state index in [9.17, 15) is 13.6 Å². The van der Waals surface area contributed by atoms with Crippen molar-refractivity contribution in [1.82, 2.24) is 0 Å². The van der Waals surface area contributed by atoms with Crippen LogP contribution in [0.4, 0.5) is 8.78 Å². The van der Waals surface area contributed by atoms with Crippen molar-refractivity contribution >= 4 is 12.2 Å². The third-order valence-corrected chi connectivity index (χ3v) is 2.59. The van der Waals surface area contributed by atoms with Crippen LogP contribution in [0.5, 0.6) is 0 Å². The first-order chi connectivity index (χ1) is 9.03. The number of benzene rings is 1. The Kier molecular flexibility index (Phi) is 5.12. The number of nitriles is 1. The molecule has 0 saturated carbocycles. The summed E-state index contributed by atoms with van der Waals surface area (Å²) in [6.45, 7) is 0. The molecule has 0 spiro atoms. The Morgan fingerprint density at radius 1 is 1.47 bits per heavy atom. The number of carboxylic acids is 1. The second kappa shape index (κ2) is 6.59. The van der Waals surface area contributed by atoms with Crippen LogP contribution in [0, 0.1) is 11.3 Å². The van der Waals surface area contributed by atoms with Gasteiger partial charge in [0.25, 0.3) is 6.43 Å². The number of aliphatic imine (C=N–C) groups is 1. The maximum absolute atomic E-state index is 13.0. The molecule has 0 heterocycles. The molecule has 1 aromatic carbocycles. The maximum atomic E-state index is 13.0. The molecule has 0 aliphatic rings. The Morgan fingerprint density at radius 2 is 2.11 bits per heavy atom. The summed E-state index contributed by atoms with van der Waals surface area (Å²) in [5, 5.41) is 17.4. The largest absolute Gasteiger partial charge is 0.479 e. The lowest BCUT2D eigenvalue weighted by atomic mass is 9.95. The molecule has 1 atom stereocenters. The molecule has 1 rings (SSSR count). The van der Waals surface area contributed by atoms with Gasteiger partial charge in [-0.15, -0.1) is 0 Å². The summed E-state index contributed by atoms with van der Waals surface area (Å²) in [5.41, 5.74) is -2.04. The average Bonchev–Trinajstić information content (AvgIpc) is 2.39. The molecule has 4 nitrogen and oxygen atoms in total. The first kappa shape index (κ1) is 14.8. The zero-order chi connectivity index (χ0) is 14.3. The molecule has 0 aliphatic heterocycles. The van der Waals surface area contributed by atoms with Crippen molar-refractivity contribution in [3.05, 3.63) is 35.9 Å². The number of aliphatic carboxylic acids is 1. The van der Waals surface area contributed by atoms with Crippen molar-refractivity contribution in [2.75, 3.05) is 0 Å². The van der Waals surface area contributed by atoms with Crippen LogP contribution >= 0.6 is 0 Å². The maximum Gasteiger partial charge on any atom is 0.337 e. The first-order valence-electron chi connectivity index (χ1n) is 5.51. The quantitative estimate of drug-likeness (QED) is 0.804. The van der Waals surface area contributed by atoms with Crippen LogP contribution in [0.2, 0.25) is 0 Å². The molecule has 1 aromatic rings. The zero-order valence-electron chi connectivity index (χ0n) is 9.96. The highest BCUT2D eigenvalue weighted by Gasteiger charge is 2.46. The van der Waals surface area contributed by atoms with Crippen LogP contribution in [-0.2, 0) is 4.79 Å². The number of hydrogen-bond donors (Lipinski definition) is 1. The fourth-order valence-electron chi connectivity index (χ4n) is 1.46. The van der Waals surface area contributed by atoms with E-state index in [2.05, 4.69) is 4.99 Å². The normalized spacial score (nSPS) is 14.2. The van der Waals surface area contributed by atoms with Crippen LogP contribution in [0.1, 0.15) is 18.4 Å². The van der Waals surface area contributed by atoms with E-state index in [1.165, 1.54) is 0 Å². The summed E-state index contributed by atoms with van der Waals surface area (Å²) in [7, 11) is 0. The molecule has 1 unspecified atom stereocenters. The predicted molar refractivity (Wildman–Crippen MR) is 65.3 cm³/mol. The number of hydrogen-bond acceptors (Lipinski definition) is 3. The van der Waals surface area contributed by atoms with E-state index < -0.39 is 24.4 Å². The first-order valence-corrected chi connectivity index (χ1v) is 5.51. The third kappa shape index (κ3) is 3.58. The minimum absolute atomic E-state index is 0.303. The summed E-state index contributed by atoms with van der Waals surface area (Å²) in [5.74, 6) is -1.73. The third-order valence-electron chi connectivity index (χ3n) is 2.59. The van der Waals surface area contributed by atoms with Crippen LogP contribution in [-0.4, -0.2) is 29.3 Å². The molecule has 0 aromatic heterocycles. The van der Waals surface area contributed by atoms with Crippen molar-refractivity contribution in [2.24, 2.45) is 4.99 Å². The minimum Gasteiger partial charge on any atom is -0.479 e. The number of alkyl halides is 2. The van der Waals surface area contributed by atoms with E-state index in [1.54, 1.807) is 36.4 Å². The van der Waals surface area contributed by atoms with Gasteiger partial charge in [0.2, 0.25) is 5.54 Å². The number of halogens is 2. The molecule has 0 amide bonds. The van der Waals surface area contributed by atoms with E-state index in [4.69, 9.17) is 10.4 Å². The van der Waals surface area contributed by atoms with E-state index in [0.29, 0.717) is 5.56 Å². The van der Waals surface area contributed by atoms with Gasteiger partial charge < -0.3 is 5.11 Å². The van der Waals surface area contributed by atoms with Gasteiger partial charge in [-0.2, -0.15) is 5.26 Å². The molecule has 6 heteroatoms. The fraction of sp³-hybridized carbons (Fsp3) is 0.308. The second-order valence-corrected chi connectivity index (χ2v) is 3.86. The van der Waals surface area contributed by atoms with Gasteiger partial charge in [-0.3, -0.25) is 4.99 Å². The Hall–Kier alpha value is -2.29. The van der Waals surface area contributed by atoms with Crippen molar-refractivity contribution in [2.45, 2.75) is 24.8 Å². The van der Waals surface area contributed by atoms with Gasteiger partial charge in [-0.05, 0) is 5.56 Å². The molecular weight excluding hydrogens is 254 g/mol. The topological polar surface area (TPSA) is 73.5 Å². The number of nitrogens with zero attached hydrogens (tertiary/aromatic N) is 2. The Bertz CT molecular complexity index is 497. The lowest BCUT2D eigenvalue weighted by Gasteiger charge is -2.23. The van der Waals surface area contributed by atoms with Gasteiger partial charge in [0.15, 0.2) is 0 Å². The predicted octanol–water partition coefficient (Wildman–Crippen LogP) is 2.50. The van der Waals surface area contributed by atoms with Crippen LogP contribution in [0.3, 0.4) is 0 Å². The van der Waals surface area contributed by atoms with Crippen molar-refractivity contribution < 1.29 is 18.7 Å². The SMILES string of the molecule is N#CCCC(/N=C/c1ccccc1)(C(=O)O)C(F)F. The van der Waals surface area contributed by atoms with E-state index in [0.717, 1.165) is 6.21 Å². The molecular formula is C13H12F2N2O2. The molecule has 1 N–H and O–H groups in total. The molecule has 0 fully saturated rings. The van der Waals surface area contributed by atoms with Crippen molar-refractivity contribution in [3.63, 3.8) is 0 Å². The highest BCUT2D eigenvalue weighted by molar-refractivity contribution is 5.86. The molecule has 0 saturated heterocycles. The molecule has 100 valence electrons. The van der Waals surface area contributed by atoms with Crippen molar-refractivity contribution in [3.8, 4) is 6.07 Å². The Balaban J connectivity index is 3.06. The highest BCUT2D eigenvalue weighted by atomic mass is 19.3. The Morgan fingerprint density at radius 3 is 2.58 bits per heavy atom. The van der Waals surface area contributed by atoms with Gasteiger partial charge in [0.1, 0.15) is 0 Å². The average molecular weight is 266 g/mol. The van der Waals surface area contributed by atoms with Crippen molar-refractivity contribution in [1.29, 1.82) is 5.26 Å². The zero-order valence-corrected chi connectivity index (χ0v) is 9.96. The van der Waals surface area contributed by atoms with Crippen LogP contribution < -0.4 is 0 Å². The molecule has 0 bridgehead atoms. The molecule has 19 heavy (non-hydrogen) atoms. The lowest BCUT2D eigenvalue weighted by molar-refractivity contribution is -0.149. The van der Waals surface area contributed by atoms with Crippen LogP contribution in [0.25, 0.3) is 0 Å². The van der Waals surface area contributed by atoms with E-state index in [1.807, 2.05) is 0 Å².